The average Bonchev–Trinajstić information content (AvgIpc) is 3.31. The molecule has 0 spiro atoms. The lowest BCUT2D eigenvalue weighted by atomic mass is 9.81. The topological polar surface area (TPSA) is 177 Å². The fraction of sp³-hybridized carbons (Fsp3) is 0.429. The van der Waals surface area contributed by atoms with Crippen molar-refractivity contribution in [3.05, 3.63) is 48.5 Å². The second-order valence-corrected chi connectivity index (χ2v) is 7.85. The lowest BCUT2D eigenvalue weighted by Gasteiger charge is -2.40. The molecule has 4 rings (SSSR count). The van der Waals surface area contributed by atoms with Gasteiger partial charge in [-0.3, -0.25) is 9.36 Å². The predicted molar refractivity (Wildman–Crippen MR) is 112 cm³/mol. The third-order valence-corrected chi connectivity index (χ3v) is 6.02. The molecular weight excluding hydrogens is 418 g/mol. The monoisotopic (exact) mass is 443 g/mol. The zero-order valence-corrected chi connectivity index (χ0v) is 17.3. The molecule has 32 heavy (non-hydrogen) atoms. The lowest BCUT2D eigenvalue weighted by molar-refractivity contribution is -0.177. The number of carbonyl (C=O) groups is 1. The van der Waals surface area contributed by atoms with Crippen LogP contribution < -0.4 is 5.73 Å². The fourth-order valence-corrected chi connectivity index (χ4v) is 4.60. The van der Waals surface area contributed by atoms with Gasteiger partial charge in [-0.2, -0.15) is 0 Å². The number of hydrogen-bond donors (Lipinski definition) is 5. The van der Waals surface area contributed by atoms with E-state index in [-0.39, 0.29) is 17.0 Å². The van der Waals surface area contributed by atoms with E-state index in [0.29, 0.717) is 6.42 Å². The van der Waals surface area contributed by atoms with Gasteiger partial charge in [-0.15, -0.1) is 0 Å². The number of nitrogen functional groups attached to an aromatic ring is 1. The Morgan fingerprint density at radius 2 is 1.97 bits per heavy atom. The Morgan fingerprint density at radius 3 is 2.62 bits per heavy atom. The highest BCUT2D eigenvalue weighted by atomic mass is 16.6. The SMILES string of the molecule is CC[C@H](c1ccccc1)[C@@]1(n2cnc3c(N)ncnc32)O[C@H](C(O)CC(=O)O)[C@@H](O)[C@H]1O. The van der Waals surface area contributed by atoms with Crippen molar-refractivity contribution in [2.75, 3.05) is 5.73 Å². The number of aliphatic hydroxyl groups excluding tert-OH is 3. The second kappa shape index (κ2) is 8.43. The second-order valence-electron chi connectivity index (χ2n) is 7.85. The number of hydrogen-bond acceptors (Lipinski definition) is 9. The standard InChI is InChI=1S/C21H25N5O6/c1-2-12(11-6-4-3-5-7-11)21(26-10-25-15-19(22)23-9-24-20(15)26)18(31)16(30)17(32-21)13(27)8-14(28)29/h3-7,9-10,12-13,16-18,27,30-31H,2,8H2,1H3,(H,28,29)(H2,22,23,24)/t12-,13?,16-,17-,18-,21-/m1/s1. The number of imidazole rings is 1. The molecule has 170 valence electrons. The summed E-state index contributed by atoms with van der Waals surface area (Å²) in [4.78, 5) is 23.6. The number of aliphatic carboxylic acids is 1. The van der Waals surface area contributed by atoms with E-state index in [0.717, 1.165) is 5.56 Å². The van der Waals surface area contributed by atoms with Gasteiger partial charge in [0, 0.05) is 5.92 Å². The summed E-state index contributed by atoms with van der Waals surface area (Å²) in [5, 5.41) is 41.8. The maximum Gasteiger partial charge on any atom is 0.306 e. The number of carboxylic acid groups (broad SMARTS) is 1. The normalized spacial score (nSPS) is 27.4. The molecule has 1 saturated heterocycles. The number of benzene rings is 1. The van der Waals surface area contributed by atoms with Crippen LogP contribution >= 0.6 is 0 Å². The molecule has 0 bridgehead atoms. The first-order valence-electron chi connectivity index (χ1n) is 10.2. The molecular formula is C21H25N5O6. The van der Waals surface area contributed by atoms with Crippen molar-refractivity contribution in [1.29, 1.82) is 0 Å². The summed E-state index contributed by atoms with van der Waals surface area (Å²) in [6, 6.07) is 9.26. The third-order valence-electron chi connectivity index (χ3n) is 6.02. The largest absolute Gasteiger partial charge is 0.481 e. The summed E-state index contributed by atoms with van der Waals surface area (Å²) in [6.45, 7) is 1.89. The van der Waals surface area contributed by atoms with E-state index in [1.807, 2.05) is 37.3 Å². The molecule has 0 radical (unpaired) electrons. The number of anilines is 1. The molecule has 11 nitrogen and oxygen atoms in total. The summed E-state index contributed by atoms with van der Waals surface area (Å²) in [5.74, 6) is -1.65. The van der Waals surface area contributed by atoms with Crippen LogP contribution in [0.1, 0.15) is 31.2 Å². The Bertz CT molecular complexity index is 1110. The van der Waals surface area contributed by atoms with Gasteiger partial charge < -0.3 is 30.9 Å². The minimum absolute atomic E-state index is 0.132. The van der Waals surface area contributed by atoms with Crippen molar-refractivity contribution in [3.63, 3.8) is 0 Å². The first kappa shape index (κ1) is 22.1. The molecule has 1 aliphatic rings. The predicted octanol–water partition coefficient (Wildman–Crippen LogP) is 0.211. The maximum atomic E-state index is 11.4. The van der Waals surface area contributed by atoms with Crippen molar-refractivity contribution in [3.8, 4) is 0 Å². The van der Waals surface area contributed by atoms with Crippen LogP contribution in [0.4, 0.5) is 5.82 Å². The highest BCUT2D eigenvalue weighted by Gasteiger charge is 2.61. The van der Waals surface area contributed by atoms with Gasteiger partial charge in [0.1, 0.15) is 30.2 Å². The number of ether oxygens (including phenoxy) is 1. The maximum absolute atomic E-state index is 11.4. The molecule has 1 aliphatic heterocycles. The highest BCUT2D eigenvalue weighted by molar-refractivity contribution is 5.81. The van der Waals surface area contributed by atoms with Crippen LogP contribution in [0.3, 0.4) is 0 Å². The number of aromatic nitrogens is 4. The Kier molecular flexibility index (Phi) is 5.82. The summed E-state index contributed by atoms with van der Waals surface area (Å²) in [5.41, 5.74) is 5.64. The Labute approximate surface area is 183 Å². The summed E-state index contributed by atoms with van der Waals surface area (Å²) < 4.78 is 7.73. The Balaban J connectivity index is 1.93. The van der Waals surface area contributed by atoms with Gasteiger partial charge in [0.2, 0.25) is 0 Å². The van der Waals surface area contributed by atoms with Crippen molar-refractivity contribution in [1.82, 2.24) is 19.5 Å². The van der Waals surface area contributed by atoms with Crippen molar-refractivity contribution in [2.24, 2.45) is 0 Å². The van der Waals surface area contributed by atoms with E-state index in [1.54, 1.807) is 0 Å². The Morgan fingerprint density at radius 1 is 1.25 bits per heavy atom. The number of aliphatic hydroxyl groups is 3. The quantitative estimate of drug-likeness (QED) is 0.339. The van der Waals surface area contributed by atoms with Crippen LogP contribution in [-0.4, -0.2) is 70.3 Å². The van der Waals surface area contributed by atoms with E-state index in [1.165, 1.54) is 17.2 Å². The van der Waals surface area contributed by atoms with Crippen molar-refractivity contribution >= 4 is 23.0 Å². The summed E-state index contributed by atoms with van der Waals surface area (Å²) >= 11 is 0. The van der Waals surface area contributed by atoms with Gasteiger partial charge in [0.25, 0.3) is 0 Å². The molecule has 3 aromatic rings. The number of nitrogens with zero attached hydrogens (tertiary/aromatic N) is 4. The van der Waals surface area contributed by atoms with Crippen LogP contribution in [-0.2, 0) is 15.3 Å². The van der Waals surface area contributed by atoms with E-state index >= 15 is 0 Å². The molecule has 1 aromatic carbocycles. The van der Waals surface area contributed by atoms with Gasteiger partial charge in [-0.1, -0.05) is 37.3 Å². The van der Waals surface area contributed by atoms with Crippen LogP contribution in [0.2, 0.25) is 0 Å². The number of rotatable bonds is 7. The van der Waals surface area contributed by atoms with E-state index in [2.05, 4.69) is 15.0 Å². The molecule has 3 heterocycles. The lowest BCUT2D eigenvalue weighted by Crippen LogP contribution is -2.50. The average molecular weight is 443 g/mol. The zero-order chi connectivity index (χ0) is 23.0. The van der Waals surface area contributed by atoms with Gasteiger partial charge in [-0.25, -0.2) is 15.0 Å². The zero-order valence-electron chi connectivity index (χ0n) is 17.3. The summed E-state index contributed by atoms with van der Waals surface area (Å²) in [7, 11) is 0. The molecule has 0 saturated carbocycles. The molecule has 0 amide bonds. The van der Waals surface area contributed by atoms with Gasteiger partial charge in [0.15, 0.2) is 17.2 Å². The third kappa shape index (κ3) is 3.39. The van der Waals surface area contributed by atoms with E-state index in [9.17, 15) is 20.1 Å². The highest BCUT2D eigenvalue weighted by Crippen LogP contribution is 2.49. The smallest absolute Gasteiger partial charge is 0.306 e. The fourth-order valence-electron chi connectivity index (χ4n) is 4.60. The van der Waals surface area contributed by atoms with Gasteiger partial charge in [0.05, 0.1) is 18.9 Å². The van der Waals surface area contributed by atoms with Gasteiger partial charge >= 0.3 is 5.97 Å². The van der Waals surface area contributed by atoms with E-state index < -0.39 is 48.4 Å². The molecule has 2 aromatic heterocycles. The number of nitrogens with two attached hydrogens (primary N) is 1. The van der Waals surface area contributed by atoms with Crippen LogP contribution in [0.15, 0.2) is 43.0 Å². The first-order valence-corrected chi connectivity index (χ1v) is 10.2. The summed E-state index contributed by atoms with van der Waals surface area (Å²) in [6.07, 6.45) is -3.59. The number of fused-ring (bicyclic) bond motifs is 1. The van der Waals surface area contributed by atoms with E-state index in [4.69, 9.17) is 15.6 Å². The minimum Gasteiger partial charge on any atom is -0.481 e. The minimum atomic E-state index is -1.66. The van der Waals surface area contributed by atoms with Crippen LogP contribution in [0.5, 0.6) is 0 Å². The number of carboxylic acids is 1. The Hall–Kier alpha value is -3.12. The molecule has 6 N–H and O–H groups in total. The van der Waals surface area contributed by atoms with Gasteiger partial charge in [-0.05, 0) is 12.0 Å². The molecule has 1 unspecified atom stereocenters. The molecule has 0 aliphatic carbocycles. The van der Waals surface area contributed by atoms with Crippen molar-refractivity contribution < 1.29 is 30.0 Å². The first-order chi connectivity index (χ1) is 15.3. The molecule has 1 fully saturated rings. The molecule has 6 atom stereocenters. The van der Waals surface area contributed by atoms with Crippen molar-refractivity contribution in [2.45, 2.75) is 55.8 Å². The molecule has 11 heteroatoms. The van der Waals surface area contributed by atoms with Crippen LogP contribution in [0, 0.1) is 0 Å². The van der Waals surface area contributed by atoms with Crippen LogP contribution in [0.25, 0.3) is 11.2 Å².